The van der Waals surface area contributed by atoms with Crippen molar-refractivity contribution in [3.8, 4) is 0 Å². The third-order valence-corrected chi connectivity index (χ3v) is 3.26. The van der Waals surface area contributed by atoms with Crippen molar-refractivity contribution in [3.05, 3.63) is 27.2 Å². The van der Waals surface area contributed by atoms with Crippen molar-refractivity contribution in [2.45, 2.75) is 19.1 Å². The van der Waals surface area contributed by atoms with Crippen molar-refractivity contribution in [1.82, 2.24) is 24.0 Å². The summed E-state index contributed by atoms with van der Waals surface area (Å²) in [7, 11) is 2.70. The molecule has 2 heterocycles. The lowest BCUT2D eigenvalue weighted by atomic mass is 10.4. The zero-order valence-corrected chi connectivity index (χ0v) is 12.3. The Morgan fingerprint density at radius 2 is 1.91 bits per heavy atom. The maximum atomic E-state index is 12.1. The van der Waals surface area contributed by atoms with Crippen LogP contribution in [-0.4, -0.2) is 37.3 Å². The minimum absolute atomic E-state index is 0.0283. The summed E-state index contributed by atoms with van der Waals surface area (Å²) in [4.78, 5) is 39.5. The van der Waals surface area contributed by atoms with Crippen molar-refractivity contribution in [3.63, 3.8) is 0 Å². The summed E-state index contributed by atoms with van der Waals surface area (Å²) in [5.74, 6) is -0.690. The Morgan fingerprint density at radius 1 is 1.26 bits per heavy atom. The average molecular weight is 333 g/mol. The van der Waals surface area contributed by atoms with E-state index in [1.165, 1.54) is 25.0 Å². The van der Waals surface area contributed by atoms with Crippen LogP contribution in [0, 0.1) is 0 Å². The van der Waals surface area contributed by atoms with E-state index in [9.17, 15) is 27.6 Å². The normalized spacial score (nSPS) is 11.9. The number of imidazole rings is 1. The van der Waals surface area contributed by atoms with Gasteiger partial charge in [-0.1, -0.05) is 0 Å². The molecule has 0 bridgehead atoms. The lowest BCUT2D eigenvalue weighted by molar-refractivity contribution is -0.135. The standard InChI is InChI=1S/C12H14F3N5O3/c1-18-9-8(10(22)19(2)11(18)23)20(6-17-9)5-7(21)16-4-3-12(13,14)15/h6H,3-5H2,1-2H3,(H,16,21). The summed E-state index contributed by atoms with van der Waals surface area (Å²) < 4.78 is 39.3. The summed E-state index contributed by atoms with van der Waals surface area (Å²) in [6, 6.07) is 0. The quantitative estimate of drug-likeness (QED) is 0.817. The fourth-order valence-electron chi connectivity index (χ4n) is 2.07. The number of carbonyl (C=O) groups excluding carboxylic acids is 1. The summed E-state index contributed by atoms with van der Waals surface area (Å²) in [5, 5.41) is 2.12. The first kappa shape index (κ1) is 16.8. The highest BCUT2D eigenvalue weighted by atomic mass is 19.4. The van der Waals surface area contributed by atoms with Crippen molar-refractivity contribution < 1.29 is 18.0 Å². The first-order valence-electron chi connectivity index (χ1n) is 6.56. The van der Waals surface area contributed by atoms with Gasteiger partial charge in [-0.05, 0) is 0 Å². The zero-order valence-electron chi connectivity index (χ0n) is 12.3. The van der Waals surface area contributed by atoms with Gasteiger partial charge in [0.05, 0.1) is 12.7 Å². The molecule has 0 aliphatic carbocycles. The molecular formula is C12H14F3N5O3. The van der Waals surface area contributed by atoms with E-state index in [-0.39, 0.29) is 17.7 Å². The fourth-order valence-corrected chi connectivity index (χ4v) is 2.07. The van der Waals surface area contributed by atoms with Crippen LogP contribution in [0.1, 0.15) is 6.42 Å². The molecule has 1 amide bonds. The highest BCUT2D eigenvalue weighted by Gasteiger charge is 2.26. The van der Waals surface area contributed by atoms with E-state index in [1.54, 1.807) is 0 Å². The third-order valence-electron chi connectivity index (χ3n) is 3.26. The number of amides is 1. The van der Waals surface area contributed by atoms with E-state index in [2.05, 4.69) is 10.3 Å². The predicted molar refractivity (Wildman–Crippen MR) is 73.9 cm³/mol. The Kier molecular flexibility index (Phi) is 4.30. The van der Waals surface area contributed by atoms with Gasteiger partial charge in [-0.15, -0.1) is 0 Å². The van der Waals surface area contributed by atoms with Crippen molar-refractivity contribution >= 4 is 17.1 Å². The molecule has 126 valence electrons. The van der Waals surface area contributed by atoms with Gasteiger partial charge >= 0.3 is 11.9 Å². The molecule has 2 rings (SSSR count). The van der Waals surface area contributed by atoms with Crippen molar-refractivity contribution in [1.29, 1.82) is 0 Å². The number of aromatic nitrogens is 4. The topological polar surface area (TPSA) is 90.9 Å². The Labute approximate surface area is 127 Å². The third kappa shape index (κ3) is 3.43. The SMILES string of the molecule is Cn1c(=O)c2c(ncn2CC(=O)NCCC(F)(F)F)n(C)c1=O. The molecular weight excluding hydrogens is 319 g/mol. The average Bonchev–Trinajstić information content (AvgIpc) is 2.85. The fraction of sp³-hybridized carbons (Fsp3) is 0.500. The number of hydrogen-bond donors (Lipinski definition) is 1. The van der Waals surface area contributed by atoms with E-state index in [1.807, 2.05) is 0 Å². The van der Waals surface area contributed by atoms with Gasteiger partial charge in [0.25, 0.3) is 5.56 Å². The molecule has 0 aliphatic heterocycles. The molecule has 0 radical (unpaired) electrons. The van der Waals surface area contributed by atoms with Crippen LogP contribution in [0.5, 0.6) is 0 Å². The van der Waals surface area contributed by atoms with Crippen LogP contribution < -0.4 is 16.6 Å². The summed E-state index contributed by atoms with van der Waals surface area (Å²) >= 11 is 0. The van der Waals surface area contributed by atoms with Crippen LogP contribution in [0.4, 0.5) is 13.2 Å². The van der Waals surface area contributed by atoms with Crippen LogP contribution in [0.2, 0.25) is 0 Å². The maximum Gasteiger partial charge on any atom is 0.390 e. The minimum Gasteiger partial charge on any atom is -0.354 e. The number of rotatable bonds is 4. The second-order valence-corrected chi connectivity index (χ2v) is 4.97. The number of aryl methyl sites for hydroxylation is 1. The largest absolute Gasteiger partial charge is 0.390 e. The number of halogens is 3. The molecule has 0 atom stereocenters. The molecule has 11 heteroatoms. The lowest BCUT2D eigenvalue weighted by Gasteiger charge is -2.09. The highest BCUT2D eigenvalue weighted by molar-refractivity contribution is 5.78. The van der Waals surface area contributed by atoms with E-state index in [0.717, 1.165) is 9.13 Å². The second-order valence-electron chi connectivity index (χ2n) is 4.97. The zero-order chi connectivity index (χ0) is 17.4. The van der Waals surface area contributed by atoms with Gasteiger partial charge in [-0.2, -0.15) is 13.2 Å². The van der Waals surface area contributed by atoms with Gasteiger partial charge in [-0.3, -0.25) is 18.7 Å². The van der Waals surface area contributed by atoms with Gasteiger partial charge < -0.3 is 9.88 Å². The first-order chi connectivity index (χ1) is 10.6. The van der Waals surface area contributed by atoms with Crippen LogP contribution in [0.25, 0.3) is 11.2 Å². The molecule has 0 saturated heterocycles. The van der Waals surface area contributed by atoms with Gasteiger partial charge in [0.15, 0.2) is 11.2 Å². The van der Waals surface area contributed by atoms with E-state index in [4.69, 9.17) is 0 Å². The summed E-state index contributed by atoms with van der Waals surface area (Å²) in [6.07, 6.45) is -4.31. The van der Waals surface area contributed by atoms with Crippen LogP contribution in [0.15, 0.2) is 15.9 Å². The van der Waals surface area contributed by atoms with Crippen LogP contribution >= 0.6 is 0 Å². The molecule has 0 saturated carbocycles. The number of hydrogen-bond acceptors (Lipinski definition) is 4. The van der Waals surface area contributed by atoms with Crippen LogP contribution in [0.3, 0.4) is 0 Å². The van der Waals surface area contributed by atoms with Crippen molar-refractivity contribution in [2.75, 3.05) is 6.54 Å². The molecule has 0 aliphatic rings. The Bertz CT molecular complexity index is 862. The molecule has 0 aromatic carbocycles. The molecule has 0 fully saturated rings. The minimum atomic E-state index is -4.36. The molecule has 2 aromatic heterocycles. The lowest BCUT2D eigenvalue weighted by Crippen LogP contribution is -2.38. The second kappa shape index (κ2) is 5.89. The number of nitrogens with zero attached hydrogens (tertiary/aromatic N) is 4. The van der Waals surface area contributed by atoms with Gasteiger partial charge in [-0.25, -0.2) is 9.78 Å². The summed E-state index contributed by atoms with van der Waals surface area (Å²) in [5.41, 5.74) is -1.08. The summed E-state index contributed by atoms with van der Waals surface area (Å²) in [6.45, 7) is -0.923. The van der Waals surface area contributed by atoms with Gasteiger partial charge in [0, 0.05) is 20.6 Å². The maximum absolute atomic E-state index is 12.1. The van der Waals surface area contributed by atoms with E-state index >= 15 is 0 Å². The molecule has 23 heavy (non-hydrogen) atoms. The number of carbonyl (C=O) groups is 1. The van der Waals surface area contributed by atoms with Gasteiger partial charge in [0.2, 0.25) is 5.91 Å². The molecule has 2 aromatic rings. The Balaban J connectivity index is 2.24. The smallest absolute Gasteiger partial charge is 0.354 e. The number of fused-ring (bicyclic) bond motifs is 1. The Morgan fingerprint density at radius 3 is 2.52 bits per heavy atom. The molecule has 1 N–H and O–H groups in total. The van der Waals surface area contributed by atoms with Crippen LogP contribution in [-0.2, 0) is 25.4 Å². The van der Waals surface area contributed by atoms with Gasteiger partial charge in [0.1, 0.15) is 6.54 Å². The number of alkyl halides is 3. The van der Waals surface area contributed by atoms with E-state index in [0.29, 0.717) is 0 Å². The first-order valence-corrected chi connectivity index (χ1v) is 6.56. The predicted octanol–water partition coefficient (Wildman–Crippen LogP) is -0.498. The van der Waals surface area contributed by atoms with Crippen molar-refractivity contribution in [2.24, 2.45) is 14.1 Å². The number of nitrogens with one attached hydrogen (secondary N) is 1. The molecule has 0 spiro atoms. The molecule has 8 nitrogen and oxygen atoms in total. The van der Waals surface area contributed by atoms with E-state index < -0.39 is 36.3 Å². The highest BCUT2D eigenvalue weighted by Crippen LogP contribution is 2.18. The monoisotopic (exact) mass is 333 g/mol. The molecule has 0 unspecified atom stereocenters. The Hall–Kier alpha value is -2.59.